The molecular formula is C12H18N3O3PS3. The van der Waals surface area contributed by atoms with E-state index in [2.05, 4.69) is 5.32 Å². The lowest BCUT2D eigenvalue weighted by Gasteiger charge is -2.28. The second-order valence-electron chi connectivity index (χ2n) is 3.83. The summed E-state index contributed by atoms with van der Waals surface area (Å²) >= 11 is 5.19. The predicted octanol–water partition coefficient (Wildman–Crippen LogP) is 2.93. The Bertz CT molecular complexity index is 507. The molecule has 2 atom stereocenters. The molecule has 0 radical (unpaired) electrons. The number of alkyl carbamates (subject to hydrolysis) is 1. The molecule has 1 amide bonds. The van der Waals surface area contributed by atoms with Gasteiger partial charge < -0.3 is 14.8 Å². The molecule has 2 unspecified atom stereocenters. The maximum atomic E-state index is 11.0. The Morgan fingerprint density at radius 3 is 2.73 bits per heavy atom. The molecule has 0 aliphatic carbocycles. The molecule has 0 aliphatic rings. The molecule has 2 N–H and O–H groups in total. The number of benzene rings is 1. The molecule has 0 bridgehead atoms. The molecule has 1 aromatic carbocycles. The van der Waals surface area contributed by atoms with E-state index in [-0.39, 0.29) is 25.0 Å². The van der Waals surface area contributed by atoms with Crippen LogP contribution in [0.4, 0.5) is 10.5 Å². The molecule has 0 saturated carbocycles. The largest absolute Gasteiger partial charge is 0.442 e. The van der Waals surface area contributed by atoms with Crippen molar-refractivity contribution in [2.75, 3.05) is 25.1 Å². The first-order valence-corrected chi connectivity index (χ1v) is 10.9. The summed E-state index contributed by atoms with van der Waals surface area (Å²) in [7, 11) is 5.28. The summed E-state index contributed by atoms with van der Waals surface area (Å²) in [6, 6.07) is 9.70. The number of nitrogens with zero attached hydrogens (tertiary/aromatic N) is 1. The molecule has 22 heavy (non-hydrogen) atoms. The van der Waals surface area contributed by atoms with Crippen LogP contribution in [0, 0.1) is 5.41 Å². The van der Waals surface area contributed by atoms with Gasteiger partial charge in [-0.05, 0) is 30.3 Å². The van der Waals surface area contributed by atoms with Crippen molar-refractivity contribution in [3.8, 4) is 0 Å². The highest BCUT2D eigenvalue weighted by Crippen LogP contribution is 2.37. The van der Waals surface area contributed by atoms with E-state index < -0.39 is 6.09 Å². The highest BCUT2D eigenvalue weighted by atomic mass is 33.1. The minimum absolute atomic E-state index is 0.0711. The molecule has 0 heterocycles. The van der Waals surface area contributed by atoms with Crippen LogP contribution in [0.5, 0.6) is 0 Å². The summed E-state index contributed by atoms with van der Waals surface area (Å²) in [6.45, 7) is -0.0711. The first-order valence-electron chi connectivity index (χ1n) is 6.21. The van der Waals surface area contributed by atoms with Crippen molar-refractivity contribution in [1.82, 2.24) is 5.32 Å². The van der Waals surface area contributed by atoms with Crippen molar-refractivity contribution in [1.29, 1.82) is 5.41 Å². The highest BCUT2D eigenvalue weighted by Gasteiger charge is 2.18. The van der Waals surface area contributed by atoms with Crippen LogP contribution < -0.4 is 9.62 Å². The van der Waals surface area contributed by atoms with Crippen LogP contribution in [0.1, 0.15) is 0 Å². The van der Waals surface area contributed by atoms with Crippen molar-refractivity contribution in [3.05, 3.63) is 30.3 Å². The Morgan fingerprint density at radius 2 is 2.18 bits per heavy atom. The Labute approximate surface area is 144 Å². The maximum Gasteiger partial charge on any atom is 0.407 e. The first-order chi connectivity index (χ1) is 10.6. The van der Waals surface area contributed by atoms with Crippen molar-refractivity contribution in [2.45, 2.75) is 5.97 Å². The number of amides is 1. The minimum Gasteiger partial charge on any atom is -0.442 e. The zero-order chi connectivity index (χ0) is 16.4. The van der Waals surface area contributed by atoms with Crippen molar-refractivity contribution < 1.29 is 14.3 Å². The van der Waals surface area contributed by atoms with E-state index in [0.29, 0.717) is 0 Å². The third-order valence-corrected chi connectivity index (χ3v) is 6.36. The Kier molecular flexibility index (Phi) is 9.58. The monoisotopic (exact) mass is 379 g/mol. The molecule has 0 saturated heterocycles. The molecule has 6 nitrogen and oxygen atoms in total. The van der Waals surface area contributed by atoms with Gasteiger partial charge in [0.05, 0.1) is 5.69 Å². The SMILES string of the molecule is CNC(=O)OCC(=N)SSN(c1ccccc1)C(OC)[PH2]=S. The van der Waals surface area contributed by atoms with Gasteiger partial charge in [0, 0.05) is 25.1 Å². The molecule has 0 fully saturated rings. The molecule has 0 spiro atoms. The van der Waals surface area contributed by atoms with E-state index in [1.54, 1.807) is 7.11 Å². The van der Waals surface area contributed by atoms with Gasteiger partial charge in [0.15, 0.2) is 5.97 Å². The Morgan fingerprint density at radius 1 is 1.50 bits per heavy atom. The van der Waals surface area contributed by atoms with E-state index in [1.807, 2.05) is 34.6 Å². The van der Waals surface area contributed by atoms with Gasteiger partial charge >= 0.3 is 6.09 Å². The van der Waals surface area contributed by atoms with Gasteiger partial charge in [0.25, 0.3) is 0 Å². The summed E-state index contributed by atoms with van der Waals surface area (Å²) in [5.74, 6) is -0.206. The van der Waals surface area contributed by atoms with E-state index in [1.165, 1.54) is 28.8 Å². The molecule has 1 rings (SSSR count). The lowest BCUT2D eigenvalue weighted by atomic mass is 10.3. The number of ether oxygens (including phenoxy) is 2. The van der Waals surface area contributed by atoms with Crippen molar-refractivity contribution in [2.24, 2.45) is 0 Å². The first kappa shape index (κ1) is 19.3. The number of anilines is 1. The molecular weight excluding hydrogens is 361 g/mol. The van der Waals surface area contributed by atoms with Gasteiger partial charge in [-0.15, -0.1) is 0 Å². The zero-order valence-electron chi connectivity index (χ0n) is 12.1. The fourth-order valence-corrected chi connectivity index (χ4v) is 5.10. The summed E-state index contributed by atoms with van der Waals surface area (Å²) < 4.78 is 12.2. The fraction of sp³-hybridized carbons (Fsp3) is 0.333. The van der Waals surface area contributed by atoms with Gasteiger partial charge in [0.1, 0.15) is 11.7 Å². The number of hydrogen-bond donors (Lipinski definition) is 2. The van der Waals surface area contributed by atoms with E-state index >= 15 is 0 Å². The summed E-state index contributed by atoms with van der Waals surface area (Å²) in [4.78, 5) is 11.0. The van der Waals surface area contributed by atoms with Crippen LogP contribution in [0.3, 0.4) is 0 Å². The number of hydrogen-bond acceptors (Lipinski definition) is 8. The molecule has 122 valence electrons. The van der Waals surface area contributed by atoms with Gasteiger partial charge in [0.2, 0.25) is 0 Å². The van der Waals surface area contributed by atoms with Crippen LogP contribution in [-0.4, -0.2) is 37.9 Å². The number of methoxy groups -OCH3 is 1. The van der Waals surface area contributed by atoms with Crippen molar-refractivity contribution >= 4 is 57.8 Å². The normalized spacial score (nSPS) is 12.1. The van der Waals surface area contributed by atoms with Crippen molar-refractivity contribution in [3.63, 3.8) is 0 Å². The third-order valence-electron chi connectivity index (χ3n) is 2.36. The quantitative estimate of drug-likeness (QED) is 0.180. The maximum absolute atomic E-state index is 11.0. The number of carbonyl (C=O) groups is 1. The molecule has 1 aromatic rings. The van der Waals surface area contributed by atoms with Crippen LogP contribution >= 0.6 is 29.1 Å². The number of rotatable bonds is 8. The van der Waals surface area contributed by atoms with Crippen LogP contribution in [0.15, 0.2) is 30.3 Å². The summed E-state index contributed by atoms with van der Waals surface area (Å²) in [5.41, 5.74) is 0.948. The average molecular weight is 379 g/mol. The molecule has 0 aromatic heterocycles. The number of para-hydroxylation sites is 1. The number of carbonyl (C=O) groups excluding carboxylic acids is 1. The summed E-state index contributed by atoms with van der Waals surface area (Å²) in [6.07, 6.45) is -0.556. The average Bonchev–Trinajstić information content (AvgIpc) is 2.57. The van der Waals surface area contributed by atoms with E-state index in [0.717, 1.165) is 5.69 Å². The topological polar surface area (TPSA) is 74.7 Å². The lowest BCUT2D eigenvalue weighted by Crippen LogP contribution is -2.25. The minimum atomic E-state index is -0.556. The molecule has 10 heteroatoms. The van der Waals surface area contributed by atoms with Crippen LogP contribution in [-0.2, 0) is 21.3 Å². The number of nitrogens with one attached hydrogen (secondary N) is 2. The van der Waals surface area contributed by atoms with Gasteiger partial charge in [-0.3, -0.25) is 9.71 Å². The highest BCUT2D eigenvalue weighted by molar-refractivity contribution is 8.82. The second kappa shape index (κ2) is 10.9. The van der Waals surface area contributed by atoms with E-state index in [4.69, 9.17) is 26.7 Å². The fourth-order valence-electron chi connectivity index (χ4n) is 1.33. The van der Waals surface area contributed by atoms with Crippen LogP contribution in [0.2, 0.25) is 0 Å². The van der Waals surface area contributed by atoms with Gasteiger partial charge in [-0.25, -0.2) is 4.79 Å². The third kappa shape index (κ3) is 6.58. The van der Waals surface area contributed by atoms with Gasteiger partial charge in [-0.2, -0.15) is 0 Å². The zero-order valence-corrected chi connectivity index (χ0v) is 15.7. The predicted molar refractivity (Wildman–Crippen MR) is 100 cm³/mol. The molecule has 0 aliphatic heterocycles. The second-order valence-corrected chi connectivity index (χ2v) is 7.64. The Balaban J connectivity index is 2.64. The van der Waals surface area contributed by atoms with Crippen LogP contribution in [0.25, 0.3) is 0 Å². The van der Waals surface area contributed by atoms with Gasteiger partial charge in [-0.1, -0.05) is 30.0 Å². The Hall–Kier alpha value is -0.730. The smallest absolute Gasteiger partial charge is 0.407 e. The lowest BCUT2D eigenvalue weighted by molar-refractivity contribution is 0.164. The standard InChI is InChI=1S/C12H18N3O3PS3/c1-14-11(16)18-8-10(13)21-22-15(12(17-2)19-20)9-6-4-3-5-7-9/h3-7,12-13H,8,19H2,1-2H3,(H,14,16). The van der Waals surface area contributed by atoms with E-state index in [9.17, 15) is 4.79 Å². The summed E-state index contributed by atoms with van der Waals surface area (Å²) in [5, 5.41) is 10.4.